The average Bonchev–Trinajstić information content (AvgIpc) is 2.82. The number of hydrogen-bond donors (Lipinski definition) is 6. The van der Waals surface area contributed by atoms with Crippen molar-refractivity contribution in [2.24, 2.45) is 17.6 Å². The predicted molar refractivity (Wildman–Crippen MR) is 137 cm³/mol. The number of aromatic hydroxyl groups is 1. The SMILES string of the molecule is C=CC(=O)Nc1cc(N(C)C)c2c(c1O)C(O)=C1C(=O)[C@]3(O)C(O)=C(C(N)=O)C(=O)[C@@H](N(C)C)C3CC1C2. The predicted octanol–water partition coefficient (Wildman–Crippen LogP) is 0.155. The minimum atomic E-state index is -2.72. The summed E-state index contributed by atoms with van der Waals surface area (Å²) in [6, 6.07) is 0.362. The molecule has 1 fully saturated rings. The first-order chi connectivity index (χ1) is 17.7. The fourth-order valence-corrected chi connectivity index (χ4v) is 5.97. The lowest BCUT2D eigenvalue weighted by atomic mass is 9.57. The molecule has 0 heterocycles. The number of phenols is 1. The smallest absolute Gasteiger partial charge is 0.255 e. The lowest BCUT2D eigenvalue weighted by Gasteiger charge is -2.50. The molecule has 12 heteroatoms. The number of ketones is 2. The van der Waals surface area contributed by atoms with Crippen LogP contribution in [0.2, 0.25) is 0 Å². The van der Waals surface area contributed by atoms with Gasteiger partial charge in [-0.15, -0.1) is 0 Å². The summed E-state index contributed by atoms with van der Waals surface area (Å²) < 4.78 is 0. The Balaban J connectivity index is 2.00. The quantitative estimate of drug-likeness (QED) is 0.175. The van der Waals surface area contributed by atoms with Crippen molar-refractivity contribution in [1.82, 2.24) is 4.90 Å². The highest BCUT2D eigenvalue weighted by atomic mass is 16.3. The van der Waals surface area contributed by atoms with E-state index in [9.17, 15) is 39.6 Å². The molecule has 0 bridgehead atoms. The fourth-order valence-electron chi connectivity index (χ4n) is 5.97. The number of nitrogens with two attached hydrogens (primary N) is 1. The van der Waals surface area contributed by atoms with E-state index in [0.29, 0.717) is 11.3 Å². The fraction of sp³-hybridized carbons (Fsp3) is 0.385. The molecule has 4 atom stereocenters. The second-order valence-electron chi connectivity index (χ2n) is 10.2. The van der Waals surface area contributed by atoms with E-state index in [0.717, 1.165) is 6.08 Å². The van der Waals surface area contributed by atoms with Crippen LogP contribution in [0, 0.1) is 11.8 Å². The number of aliphatic hydroxyl groups excluding tert-OH is 2. The normalized spacial score (nSPS) is 26.5. The second-order valence-corrected chi connectivity index (χ2v) is 10.2. The number of primary amides is 1. The maximum atomic E-state index is 13.9. The molecule has 3 aliphatic carbocycles. The van der Waals surface area contributed by atoms with E-state index in [1.165, 1.54) is 25.1 Å². The number of benzene rings is 1. The van der Waals surface area contributed by atoms with E-state index in [2.05, 4.69) is 11.9 Å². The summed E-state index contributed by atoms with van der Waals surface area (Å²) in [7, 11) is 6.52. The van der Waals surface area contributed by atoms with Gasteiger partial charge >= 0.3 is 0 Å². The summed E-state index contributed by atoms with van der Waals surface area (Å²) in [5.74, 6) is -8.01. The van der Waals surface area contributed by atoms with Crippen LogP contribution in [-0.4, -0.2) is 88.5 Å². The van der Waals surface area contributed by atoms with Crippen LogP contribution in [0.1, 0.15) is 17.5 Å². The second kappa shape index (κ2) is 8.99. The summed E-state index contributed by atoms with van der Waals surface area (Å²) >= 11 is 0. The molecule has 2 amide bonds. The number of fused-ring (bicyclic) bond motifs is 3. The van der Waals surface area contributed by atoms with E-state index in [4.69, 9.17) is 5.73 Å². The number of amides is 2. The van der Waals surface area contributed by atoms with Crippen molar-refractivity contribution in [2.75, 3.05) is 38.4 Å². The molecule has 38 heavy (non-hydrogen) atoms. The summed E-state index contributed by atoms with van der Waals surface area (Å²) in [6.45, 7) is 3.38. The van der Waals surface area contributed by atoms with Gasteiger partial charge in [0.1, 0.15) is 22.8 Å². The third-order valence-electron chi connectivity index (χ3n) is 7.62. The Kier molecular flexibility index (Phi) is 6.36. The third-order valence-corrected chi connectivity index (χ3v) is 7.62. The van der Waals surface area contributed by atoms with E-state index in [1.54, 1.807) is 19.0 Å². The Morgan fingerprint density at radius 2 is 1.82 bits per heavy atom. The lowest BCUT2D eigenvalue weighted by molar-refractivity contribution is -0.153. The van der Waals surface area contributed by atoms with Crippen molar-refractivity contribution in [1.29, 1.82) is 0 Å². The molecule has 0 aliphatic heterocycles. The monoisotopic (exact) mass is 526 g/mol. The third kappa shape index (κ3) is 3.59. The first-order valence-corrected chi connectivity index (χ1v) is 11.8. The summed E-state index contributed by atoms with van der Waals surface area (Å²) in [4.78, 5) is 54.3. The topological polar surface area (TPSA) is 194 Å². The zero-order valence-corrected chi connectivity index (χ0v) is 21.4. The molecule has 202 valence electrons. The maximum Gasteiger partial charge on any atom is 0.255 e. The van der Waals surface area contributed by atoms with Gasteiger partial charge in [0.15, 0.2) is 11.4 Å². The number of likely N-dealkylation sites (N-methyl/N-ethyl adjacent to an activating group) is 1. The van der Waals surface area contributed by atoms with Crippen molar-refractivity contribution in [3.8, 4) is 5.75 Å². The number of carbonyl (C=O) groups is 4. The zero-order valence-electron chi connectivity index (χ0n) is 21.4. The average molecular weight is 527 g/mol. The number of anilines is 2. The number of hydrogen-bond acceptors (Lipinski definition) is 10. The van der Waals surface area contributed by atoms with E-state index in [1.807, 2.05) is 0 Å². The van der Waals surface area contributed by atoms with Gasteiger partial charge in [0.05, 0.1) is 17.3 Å². The van der Waals surface area contributed by atoms with Gasteiger partial charge in [-0.1, -0.05) is 6.58 Å². The summed E-state index contributed by atoms with van der Waals surface area (Å²) in [5, 5.41) is 47.5. The van der Waals surface area contributed by atoms with E-state index >= 15 is 0 Å². The van der Waals surface area contributed by atoms with Crippen molar-refractivity contribution < 1.29 is 39.6 Å². The number of Topliss-reactive ketones (excluding diaryl/α,β-unsaturated/α-hetero) is 2. The molecule has 12 nitrogen and oxygen atoms in total. The van der Waals surface area contributed by atoms with E-state index < -0.39 is 69.7 Å². The number of nitrogens with zero attached hydrogens (tertiary/aromatic N) is 2. The van der Waals surface area contributed by atoms with Crippen LogP contribution in [0.4, 0.5) is 11.4 Å². The highest BCUT2D eigenvalue weighted by Crippen LogP contribution is 2.54. The molecule has 2 unspecified atom stereocenters. The highest BCUT2D eigenvalue weighted by molar-refractivity contribution is 6.24. The zero-order chi connectivity index (χ0) is 28.4. The molecular weight excluding hydrogens is 496 g/mol. The molecule has 0 saturated heterocycles. The van der Waals surface area contributed by atoms with Crippen molar-refractivity contribution >= 4 is 40.5 Å². The minimum absolute atomic E-state index is 0.0195. The molecule has 1 aromatic carbocycles. The van der Waals surface area contributed by atoms with Gasteiger partial charge in [0.25, 0.3) is 5.91 Å². The van der Waals surface area contributed by atoms with Gasteiger partial charge in [-0.25, -0.2) is 0 Å². The Bertz CT molecular complexity index is 1380. The van der Waals surface area contributed by atoms with Crippen molar-refractivity contribution in [3.63, 3.8) is 0 Å². The van der Waals surface area contributed by atoms with Crippen LogP contribution in [0.25, 0.3) is 5.76 Å². The Hall–Kier alpha value is -4.16. The van der Waals surface area contributed by atoms with Crippen molar-refractivity contribution in [2.45, 2.75) is 24.5 Å². The summed E-state index contributed by atoms with van der Waals surface area (Å²) in [6.07, 6.45) is 1.11. The van der Waals surface area contributed by atoms with Crippen LogP contribution in [-0.2, 0) is 25.6 Å². The Morgan fingerprint density at radius 1 is 1.18 bits per heavy atom. The van der Waals surface area contributed by atoms with Gasteiger partial charge < -0.3 is 36.4 Å². The molecule has 0 aromatic heterocycles. The molecule has 1 aromatic rings. The highest BCUT2D eigenvalue weighted by Gasteiger charge is 2.64. The first kappa shape index (κ1) is 26.9. The molecule has 4 rings (SSSR count). The number of rotatable bonds is 5. The standard InChI is InChI=1S/C26H30N4O8/c1-6-15(31)28-13-9-14(29(2)3)11-7-10-8-12-19(30(4)5)22(34)18(25(27)37)24(36)26(12,38)23(35)16(10)21(33)17(11)20(13)32/h6,9-10,12,19,32-33,36,38H,1,7-8H2,2-5H3,(H2,27,37)(H,28,31)/t10?,12?,19-,26-/m0/s1. The largest absolute Gasteiger partial charge is 0.508 e. The van der Waals surface area contributed by atoms with Crippen molar-refractivity contribution in [3.05, 3.63) is 46.8 Å². The van der Waals surface area contributed by atoms with Crippen LogP contribution < -0.4 is 16.0 Å². The lowest BCUT2D eigenvalue weighted by Crippen LogP contribution is -2.65. The van der Waals surface area contributed by atoms with Gasteiger partial charge in [-0.05, 0) is 50.6 Å². The van der Waals surface area contributed by atoms with Gasteiger partial charge in [-0.3, -0.25) is 24.1 Å². The van der Waals surface area contributed by atoms with Crippen LogP contribution in [0.3, 0.4) is 0 Å². The number of phenolic OH excluding ortho intramolecular Hbond substituents is 1. The minimum Gasteiger partial charge on any atom is -0.508 e. The molecular formula is C26H30N4O8. The van der Waals surface area contributed by atoms with Crippen LogP contribution in [0.15, 0.2) is 35.6 Å². The maximum absolute atomic E-state index is 13.9. The van der Waals surface area contributed by atoms with Gasteiger partial charge in [-0.2, -0.15) is 0 Å². The number of carbonyl (C=O) groups excluding carboxylic acids is 4. The molecule has 0 spiro atoms. The Labute approximate surface area is 218 Å². The van der Waals surface area contributed by atoms with E-state index in [-0.39, 0.29) is 29.7 Å². The number of nitrogens with one attached hydrogen (secondary N) is 1. The van der Waals surface area contributed by atoms with Gasteiger partial charge in [0, 0.05) is 31.3 Å². The van der Waals surface area contributed by atoms with Crippen LogP contribution in [0.5, 0.6) is 5.75 Å². The van der Waals surface area contributed by atoms with Crippen LogP contribution >= 0.6 is 0 Å². The number of aliphatic hydroxyl groups is 3. The molecule has 1 saturated carbocycles. The molecule has 7 N–H and O–H groups in total. The summed E-state index contributed by atoms with van der Waals surface area (Å²) in [5.41, 5.74) is 2.32. The van der Waals surface area contributed by atoms with Gasteiger partial charge in [0.2, 0.25) is 11.7 Å². The first-order valence-electron chi connectivity index (χ1n) is 11.8. The Morgan fingerprint density at radius 3 is 2.34 bits per heavy atom. The molecule has 0 radical (unpaired) electrons. The molecule has 3 aliphatic rings.